The number of nitrogens with two attached hydrogens (primary N) is 1. The van der Waals surface area contributed by atoms with Crippen LogP contribution in [0.15, 0.2) is 36.4 Å². The van der Waals surface area contributed by atoms with Crippen LogP contribution in [0.3, 0.4) is 0 Å². The second-order valence-electron chi connectivity index (χ2n) is 4.01. The minimum absolute atomic E-state index is 0.269. The second-order valence-corrected chi connectivity index (χ2v) is 5.81. The van der Waals surface area contributed by atoms with Crippen LogP contribution >= 0.6 is 22.9 Å². The van der Waals surface area contributed by atoms with E-state index in [0.29, 0.717) is 6.54 Å². The first kappa shape index (κ1) is 12.2. The second kappa shape index (κ2) is 5.03. The summed E-state index contributed by atoms with van der Waals surface area (Å²) in [5.41, 5.74) is 6.55. The highest BCUT2D eigenvalue weighted by Crippen LogP contribution is 2.24. The predicted octanol–water partition coefficient (Wildman–Crippen LogP) is 3.54. The van der Waals surface area contributed by atoms with Gasteiger partial charge in [-0.1, -0.05) is 23.7 Å². The average molecular weight is 291 g/mol. The maximum atomic E-state index is 5.91. The molecule has 1 aromatic carbocycles. The lowest BCUT2D eigenvalue weighted by molar-refractivity contribution is 1.13. The van der Waals surface area contributed by atoms with E-state index in [1.165, 1.54) is 0 Å². The molecule has 0 unspecified atom stereocenters. The Morgan fingerprint density at radius 1 is 1.16 bits per heavy atom. The van der Waals surface area contributed by atoms with Crippen molar-refractivity contribution < 1.29 is 0 Å². The third kappa shape index (κ3) is 2.62. The fourth-order valence-electron chi connectivity index (χ4n) is 1.85. The van der Waals surface area contributed by atoms with Gasteiger partial charge in [0, 0.05) is 10.3 Å². The van der Waals surface area contributed by atoms with Crippen LogP contribution < -0.4 is 11.1 Å². The van der Waals surface area contributed by atoms with Gasteiger partial charge in [0.1, 0.15) is 5.82 Å². The van der Waals surface area contributed by atoms with Crippen LogP contribution in [0.4, 0.5) is 11.8 Å². The predicted molar refractivity (Wildman–Crippen MR) is 80.6 cm³/mol. The molecule has 4 nitrogen and oxygen atoms in total. The van der Waals surface area contributed by atoms with Gasteiger partial charge < -0.3 is 11.1 Å². The maximum absolute atomic E-state index is 5.91. The molecule has 0 radical (unpaired) electrons. The number of nitrogens with one attached hydrogen (secondary N) is 1. The number of para-hydroxylation sites is 1. The number of hydrogen-bond donors (Lipinski definition) is 2. The van der Waals surface area contributed by atoms with E-state index in [1.54, 1.807) is 11.3 Å². The lowest BCUT2D eigenvalue weighted by Crippen LogP contribution is -2.04. The number of aromatic nitrogens is 2. The Labute approximate surface area is 119 Å². The zero-order chi connectivity index (χ0) is 13.2. The molecule has 0 aliphatic carbocycles. The standard InChI is InChI=1S/C13H11ClN4S/c14-11-6-5-8(19-11)7-16-12-9-3-1-2-4-10(9)17-13(15)18-12/h1-6H,7H2,(H3,15,16,17,18). The minimum atomic E-state index is 0.269. The number of thiophene rings is 1. The van der Waals surface area contributed by atoms with Crippen molar-refractivity contribution in [3.63, 3.8) is 0 Å². The van der Waals surface area contributed by atoms with Crippen LogP contribution in [0.25, 0.3) is 10.9 Å². The summed E-state index contributed by atoms with van der Waals surface area (Å²) in [6, 6.07) is 11.6. The Hall–Kier alpha value is -1.85. The molecule has 0 amide bonds. The lowest BCUT2D eigenvalue weighted by Gasteiger charge is -2.08. The third-order valence-corrected chi connectivity index (χ3v) is 3.91. The van der Waals surface area contributed by atoms with Gasteiger partial charge in [0.05, 0.1) is 16.4 Å². The van der Waals surface area contributed by atoms with Crippen molar-refractivity contribution in [3.8, 4) is 0 Å². The van der Waals surface area contributed by atoms with E-state index in [-0.39, 0.29) is 5.95 Å². The van der Waals surface area contributed by atoms with Crippen molar-refractivity contribution in [3.05, 3.63) is 45.6 Å². The van der Waals surface area contributed by atoms with Crippen molar-refractivity contribution in [2.75, 3.05) is 11.1 Å². The molecule has 0 fully saturated rings. The first-order chi connectivity index (χ1) is 9.22. The van der Waals surface area contributed by atoms with E-state index < -0.39 is 0 Å². The van der Waals surface area contributed by atoms with Crippen molar-refractivity contribution >= 4 is 45.6 Å². The lowest BCUT2D eigenvalue weighted by atomic mass is 10.2. The average Bonchev–Trinajstić information content (AvgIpc) is 2.81. The molecular weight excluding hydrogens is 280 g/mol. The molecular formula is C13H11ClN4S. The van der Waals surface area contributed by atoms with Gasteiger partial charge in [-0.2, -0.15) is 4.98 Å². The molecule has 3 N–H and O–H groups in total. The number of nitrogen functional groups attached to an aromatic ring is 1. The van der Waals surface area contributed by atoms with Crippen LogP contribution in [-0.2, 0) is 6.54 Å². The molecule has 0 aliphatic rings. The maximum Gasteiger partial charge on any atom is 0.222 e. The normalized spacial score (nSPS) is 10.8. The minimum Gasteiger partial charge on any atom is -0.368 e. The summed E-state index contributed by atoms with van der Waals surface area (Å²) in [6.07, 6.45) is 0. The topological polar surface area (TPSA) is 63.8 Å². The molecule has 0 saturated carbocycles. The zero-order valence-electron chi connectivity index (χ0n) is 9.93. The van der Waals surface area contributed by atoms with Gasteiger partial charge in [-0.15, -0.1) is 11.3 Å². The van der Waals surface area contributed by atoms with Crippen LogP contribution in [0.2, 0.25) is 4.34 Å². The SMILES string of the molecule is Nc1nc(NCc2ccc(Cl)s2)c2ccccc2n1. The van der Waals surface area contributed by atoms with Crippen LogP contribution in [-0.4, -0.2) is 9.97 Å². The number of nitrogens with zero attached hydrogens (tertiary/aromatic N) is 2. The molecule has 2 heterocycles. The number of benzene rings is 1. The summed E-state index contributed by atoms with van der Waals surface area (Å²) in [4.78, 5) is 9.60. The Balaban J connectivity index is 1.91. The van der Waals surface area contributed by atoms with Gasteiger partial charge in [-0.25, -0.2) is 4.98 Å². The van der Waals surface area contributed by atoms with E-state index in [0.717, 1.165) is 25.9 Å². The summed E-state index contributed by atoms with van der Waals surface area (Å²) in [6.45, 7) is 0.665. The smallest absolute Gasteiger partial charge is 0.222 e. The van der Waals surface area contributed by atoms with Gasteiger partial charge in [-0.3, -0.25) is 0 Å². The van der Waals surface area contributed by atoms with Crippen molar-refractivity contribution in [2.24, 2.45) is 0 Å². The van der Waals surface area contributed by atoms with Crippen molar-refractivity contribution in [2.45, 2.75) is 6.54 Å². The highest BCUT2D eigenvalue weighted by molar-refractivity contribution is 7.16. The quantitative estimate of drug-likeness (QED) is 0.774. The third-order valence-electron chi connectivity index (χ3n) is 2.68. The largest absolute Gasteiger partial charge is 0.368 e. The van der Waals surface area contributed by atoms with Crippen molar-refractivity contribution in [1.29, 1.82) is 0 Å². The molecule has 0 saturated heterocycles. The molecule has 6 heteroatoms. The first-order valence-corrected chi connectivity index (χ1v) is 6.92. The number of rotatable bonds is 3. The number of fused-ring (bicyclic) bond motifs is 1. The van der Waals surface area contributed by atoms with Crippen LogP contribution in [0, 0.1) is 0 Å². The summed E-state index contributed by atoms with van der Waals surface area (Å²) in [7, 11) is 0. The Bertz CT molecular complexity index is 725. The fourth-order valence-corrected chi connectivity index (χ4v) is 2.87. The summed E-state index contributed by atoms with van der Waals surface area (Å²) in [5, 5.41) is 4.24. The van der Waals surface area contributed by atoms with E-state index in [1.807, 2.05) is 36.4 Å². The molecule has 3 rings (SSSR count). The van der Waals surface area contributed by atoms with Gasteiger partial charge >= 0.3 is 0 Å². The monoisotopic (exact) mass is 290 g/mol. The van der Waals surface area contributed by atoms with Gasteiger partial charge in [0.25, 0.3) is 0 Å². The first-order valence-electron chi connectivity index (χ1n) is 5.73. The Kier molecular flexibility index (Phi) is 3.23. The Morgan fingerprint density at radius 2 is 2.00 bits per heavy atom. The van der Waals surface area contributed by atoms with Crippen LogP contribution in [0.5, 0.6) is 0 Å². The molecule has 0 atom stereocenters. The molecule has 3 aromatic rings. The Morgan fingerprint density at radius 3 is 2.79 bits per heavy atom. The summed E-state index contributed by atoms with van der Waals surface area (Å²) < 4.78 is 0.781. The van der Waals surface area contributed by atoms with Gasteiger partial charge in [-0.05, 0) is 24.3 Å². The van der Waals surface area contributed by atoms with Crippen LogP contribution in [0.1, 0.15) is 4.88 Å². The van der Waals surface area contributed by atoms with Crippen molar-refractivity contribution in [1.82, 2.24) is 9.97 Å². The van der Waals surface area contributed by atoms with E-state index in [9.17, 15) is 0 Å². The van der Waals surface area contributed by atoms with Gasteiger partial charge in [0.15, 0.2) is 0 Å². The molecule has 0 bridgehead atoms. The van der Waals surface area contributed by atoms with E-state index in [4.69, 9.17) is 17.3 Å². The van der Waals surface area contributed by atoms with E-state index in [2.05, 4.69) is 15.3 Å². The van der Waals surface area contributed by atoms with Gasteiger partial charge in [0.2, 0.25) is 5.95 Å². The highest BCUT2D eigenvalue weighted by atomic mass is 35.5. The summed E-state index contributed by atoms with van der Waals surface area (Å²) in [5.74, 6) is 1.01. The summed E-state index contributed by atoms with van der Waals surface area (Å²) >= 11 is 7.45. The highest BCUT2D eigenvalue weighted by Gasteiger charge is 2.06. The molecule has 96 valence electrons. The number of hydrogen-bond acceptors (Lipinski definition) is 5. The van der Waals surface area contributed by atoms with E-state index >= 15 is 0 Å². The number of anilines is 2. The molecule has 0 aliphatic heterocycles. The zero-order valence-corrected chi connectivity index (χ0v) is 11.5. The molecule has 0 spiro atoms. The molecule has 2 aromatic heterocycles. The fraction of sp³-hybridized carbons (Fsp3) is 0.0769. The molecule has 19 heavy (non-hydrogen) atoms. The number of halogens is 1.